The summed E-state index contributed by atoms with van der Waals surface area (Å²) in [6.07, 6.45) is 1.74. The summed E-state index contributed by atoms with van der Waals surface area (Å²) in [5.74, 6) is -0.888. The fourth-order valence-corrected chi connectivity index (χ4v) is 2.40. The third-order valence-electron chi connectivity index (χ3n) is 3.60. The van der Waals surface area contributed by atoms with Gasteiger partial charge in [-0.15, -0.1) is 0 Å². The highest BCUT2D eigenvalue weighted by Crippen LogP contribution is 2.19. The quantitative estimate of drug-likeness (QED) is 0.920. The molecule has 2 aromatic rings. The SMILES string of the molecule is CC(C)c1nn(C)cc1C(=O)N(C)Cc1ccc(C(=O)O)cc1. The average Bonchev–Trinajstić information content (AvgIpc) is 2.89. The van der Waals surface area contributed by atoms with Gasteiger partial charge in [0.25, 0.3) is 5.91 Å². The van der Waals surface area contributed by atoms with Crippen molar-refractivity contribution in [3.8, 4) is 0 Å². The van der Waals surface area contributed by atoms with Gasteiger partial charge in [0, 0.05) is 26.8 Å². The van der Waals surface area contributed by atoms with Crippen LogP contribution in [0.4, 0.5) is 0 Å². The Morgan fingerprint density at radius 1 is 1.26 bits per heavy atom. The number of aromatic carboxylic acids is 1. The summed E-state index contributed by atoms with van der Waals surface area (Å²) >= 11 is 0. The molecule has 1 N–H and O–H groups in total. The van der Waals surface area contributed by atoms with Gasteiger partial charge in [0.05, 0.1) is 16.8 Å². The molecule has 0 radical (unpaired) electrons. The van der Waals surface area contributed by atoms with E-state index >= 15 is 0 Å². The van der Waals surface area contributed by atoms with Crippen molar-refractivity contribution in [1.82, 2.24) is 14.7 Å². The van der Waals surface area contributed by atoms with E-state index in [0.29, 0.717) is 12.1 Å². The Bertz CT molecular complexity index is 717. The molecule has 0 saturated heterocycles. The van der Waals surface area contributed by atoms with Gasteiger partial charge in [0.1, 0.15) is 0 Å². The lowest BCUT2D eigenvalue weighted by atomic mass is 10.1. The number of carboxylic acid groups (broad SMARTS) is 1. The number of hydrogen-bond donors (Lipinski definition) is 1. The van der Waals surface area contributed by atoms with E-state index in [2.05, 4.69) is 5.10 Å². The summed E-state index contributed by atoms with van der Waals surface area (Å²) in [5.41, 5.74) is 2.50. The third kappa shape index (κ3) is 3.77. The van der Waals surface area contributed by atoms with Gasteiger partial charge in [-0.3, -0.25) is 9.48 Å². The minimum absolute atomic E-state index is 0.0934. The van der Waals surface area contributed by atoms with Gasteiger partial charge in [0.2, 0.25) is 0 Å². The lowest BCUT2D eigenvalue weighted by Gasteiger charge is -2.18. The second-order valence-electron chi connectivity index (χ2n) is 5.92. The van der Waals surface area contributed by atoms with Crippen molar-refractivity contribution in [2.24, 2.45) is 7.05 Å². The Hall–Kier alpha value is -2.63. The topological polar surface area (TPSA) is 75.4 Å². The molecule has 23 heavy (non-hydrogen) atoms. The molecule has 0 saturated carbocycles. The molecule has 122 valence electrons. The first-order valence-electron chi connectivity index (χ1n) is 7.40. The number of amides is 1. The van der Waals surface area contributed by atoms with Crippen LogP contribution in [0.5, 0.6) is 0 Å². The highest BCUT2D eigenvalue weighted by Gasteiger charge is 2.21. The molecule has 2 rings (SSSR count). The van der Waals surface area contributed by atoms with Crippen LogP contribution in [0, 0.1) is 0 Å². The van der Waals surface area contributed by atoms with E-state index in [-0.39, 0.29) is 17.4 Å². The normalized spacial score (nSPS) is 10.8. The van der Waals surface area contributed by atoms with E-state index in [0.717, 1.165) is 11.3 Å². The molecule has 1 heterocycles. The van der Waals surface area contributed by atoms with Gasteiger partial charge in [-0.25, -0.2) is 4.79 Å². The molecule has 6 nitrogen and oxygen atoms in total. The molecule has 6 heteroatoms. The van der Waals surface area contributed by atoms with Crippen LogP contribution < -0.4 is 0 Å². The van der Waals surface area contributed by atoms with Crippen molar-refractivity contribution in [2.75, 3.05) is 7.05 Å². The molecule has 0 spiro atoms. The second-order valence-corrected chi connectivity index (χ2v) is 5.92. The molecule has 0 aliphatic carbocycles. The van der Waals surface area contributed by atoms with Crippen LogP contribution in [-0.4, -0.2) is 38.7 Å². The summed E-state index contributed by atoms with van der Waals surface area (Å²) in [6, 6.07) is 6.53. The van der Waals surface area contributed by atoms with Gasteiger partial charge in [-0.05, 0) is 23.6 Å². The first-order valence-corrected chi connectivity index (χ1v) is 7.40. The zero-order valence-electron chi connectivity index (χ0n) is 13.8. The van der Waals surface area contributed by atoms with Gasteiger partial charge in [0.15, 0.2) is 0 Å². The predicted octanol–water partition coefficient (Wildman–Crippen LogP) is 2.51. The Labute approximate surface area is 135 Å². The molecular weight excluding hydrogens is 294 g/mol. The zero-order valence-corrected chi connectivity index (χ0v) is 13.8. The standard InChI is InChI=1S/C17H21N3O3/c1-11(2)15-14(10-20(4)18-15)16(21)19(3)9-12-5-7-13(8-6-12)17(22)23/h5-8,10-11H,9H2,1-4H3,(H,22,23). The lowest BCUT2D eigenvalue weighted by Crippen LogP contribution is -2.27. The number of hydrogen-bond acceptors (Lipinski definition) is 3. The molecule has 0 atom stereocenters. The average molecular weight is 315 g/mol. The summed E-state index contributed by atoms with van der Waals surface area (Å²) in [5, 5.41) is 13.3. The predicted molar refractivity (Wildman–Crippen MR) is 86.5 cm³/mol. The molecule has 0 aliphatic heterocycles. The smallest absolute Gasteiger partial charge is 0.335 e. The number of carbonyl (C=O) groups excluding carboxylic acids is 1. The summed E-state index contributed by atoms with van der Waals surface area (Å²) in [7, 11) is 3.53. The molecular formula is C17H21N3O3. The van der Waals surface area contributed by atoms with Crippen molar-refractivity contribution >= 4 is 11.9 Å². The Balaban J connectivity index is 2.15. The van der Waals surface area contributed by atoms with Crippen molar-refractivity contribution in [1.29, 1.82) is 0 Å². The number of nitrogens with zero attached hydrogens (tertiary/aromatic N) is 3. The van der Waals surface area contributed by atoms with Crippen LogP contribution in [0.15, 0.2) is 30.5 Å². The number of aromatic nitrogens is 2. The van der Waals surface area contributed by atoms with E-state index in [1.165, 1.54) is 0 Å². The summed E-state index contributed by atoms with van der Waals surface area (Å²) in [6.45, 7) is 4.42. The minimum atomic E-state index is -0.960. The van der Waals surface area contributed by atoms with E-state index in [1.54, 1.807) is 54.1 Å². The molecule has 0 bridgehead atoms. The highest BCUT2D eigenvalue weighted by atomic mass is 16.4. The maximum absolute atomic E-state index is 12.6. The molecule has 0 fully saturated rings. The summed E-state index contributed by atoms with van der Waals surface area (Å²) in [4.78, 5) is 25.1. The van der Waals surface area contributed by atoms with Crippen LogP contribution in [0.2, 0.25) is 0 Å². The van der Waals surface area contributed by atoms with Crippen LogP contribution >= 0.6 is 0 Å². The number of carbonyl (C=O) groups is 2. The third-order valence-corrected chi connectivity index (χ3v) is 3.60. The fraction of sp³-hybridized carbons (Fsp3) is 0.353. The Kier molecular flexibility index (Phi) is 4.83. The first-order chi connectivity index (χ1) is 10.8. The van der Waals surface area contributed by atoms with Crippen molar-refractivity contribution in [3.63, 3.8) is 0 Å². The van der Waals surface area contributed by atoms with E-state index in [1.807, 2.05) is 13.8 Å². The number of rotatable bonds is 5. The van der Waals surface area contributed by atoms with E-state index < -0.39 is 5.97 Å². The summed E-state index contributed by atoms with van der Waals surface area (Å²) < 4.78 is 1.65. The van der Waals surface area contributed by atoms with Crippen molar-refractivity contribution in [3.05, 3.63) is 52.8 Å². The van der Waals surface area contributed by atoms with Gasteiger partial charge in [-0.1, -0.05) is 26.0 Å². The largest absolute Gasteiger partial charge is 0.478 e. The Morgan fingerprint density at radius 2 is 1.87 bits per heavy atom. The minimum Gasteiger partial charge on any atom is -0.478 e. The lowest BCUT2D eigenvalue weighted by molar-refractivity contribution is 0.0695. The number of benzene rings is 1. The maximum atomic E-state index is 12.6. The second kappa shape index (κ2) is 6.64. The highest BCUT2D eigenvalue weighted by molar-refractivity contribution is 5.95. The van der Waals surface area contributed by atoms with E-state index in [4.69, 9.17) is 5.11 Å². The number of carboxylic acids is 1. The fourth-order valence-electron chi connectivity index (χ4n) is 2.40. The van der Waals surface area contributed by atoms with E-state index in [9.17, 15) is 9.59 Å². The molecule has 0 aliphatic rings. The maximum Gasteiger partial charge on any atom is 0.335 e. The van der Waals surface area contributed by atoms with Gasteiger partial charge in [-0.2, -0.15) is 5.10 Å². The zero-order chi connectivity index (χ0) is 17.1. The van der Waals surface area contributed by atoms with Crippen molar-refractivity contribution in [2.45, 2.75) is 26.3 Å². The molecule has 1 aromatic heterocycles. The van der Waals surface area contributed by atoms with Crippen LogP contribution in [-0.2, 0) is 13.6 Å². The van der Waals surface area contributed by atoms with Crippen LogP contribution in [0.3, 0.4) is 0 Å². The first kappa shape index (κ1) is 16.7. The number of aryl methyl sites for hydroxylation is 1. The van der Waals surface area contributed by atoms with Crippen molar-refractivity contribution < 1.29 is 14.7 Å². The van der Waals surface area contributed by atoms with Gasteiger partial charge < -0.3 is 10.0 Å². The monoisotopic (exact) mass is 315 g/mol. The molecule has 1 amide bonds. The molecule has 1 aromatic carbocycles. The van der Waals surface area contributed by atoms with Crippen LogP contribution in [0.1, 0.15) is 51.7 Å². The van der Waals surface area contributed by atoms with Crippen LogP contribution in [0.25, 0.3) is 0 Å². The Morgan fingerprint density at radius 3 is 2.39 bits per heavy atom. The van der Waals surface area contributed by atoms with Gasteiger partial charge >= 0.3 is 5.97 Å². The molecule has 0 unspecified atom stereocenters.